The van der Waals surface area contributed by atoms with Gasteiger partial charge in [-0.2, -0.15) is 5.10 Å². The highest BCUT2D eigenvalue weighted by Gasteiger charge is 2.01. The zero-order valence-corrected chi connectivity index (χ0v) is 11.5. The quantitative estimate of drug-likeness (QED) is 0.672. The molecule has 2 rings (SSSR count). The lowest BCUT2D eigenvalue weighted by Crippen LogP contribution is -2.01. The highest BCUT2D eigenvalue weighted by molar-refractivity contribution is 5.67. The van der Waals surface area contributed by atoms with Crippen LogP contribution in [0.2, 0.25) is 0 Å². The summed E-state index contributed by atoms with van der Waals surface area (Å²) in [5, 5.41) is 4.20. The van der Waals surface area contributed by atoms with Gasteiger partial charge in [0.25, 0.3) is 0 Å². The lowest BCUT2D eigenvalue weighted by Gasteiger charge is -2.06. The number of benzene rings is 1. The Morgan fingerprint density at radius 1 is 1.11 bits per heavy atom. The number of anilines is 1. The molecule has 1 aromatic heterocycles. The van der Waals surface area contributed by atoms with Crippen LogP contribution in [-0.4, -0.2) is 16.2 Å². The van der Waals surface area contributed by atoms with Gasteiger partial charge in [0.15, 0.2) is 0 Å². The number of hydrogen-bond acceptors (Lipinski definition) is 4. The van der Waals surface area contributed by atoms with Gasteiger partial charge in [0.05, 0.1) is 0 Å². The Morgan fingerprint density at radius 3 is 2.37 bits per heavy atom. The second kappa shape index (κ2) is 6.09. The topological polar surface area (TPSA) is 50.2 Å². The van der Waals surface area contributed by atoms with E-state index in [-0.39, 0.29) is 5.92 Å². The molecule has 2 aromatic rings. The molecule has 0 spiro atoms. The smallest absolute Gasteiger partial charge is 0.243 e. The molecule has 0 radical (unpaired) electrons. The molecular formula is C15H18N4. The molecular weight excluding hydrogens is 236 g/mol. The van der Waals surface area contributed by atoms with Crippen molar-refractivity contribution in [3.8, 4) is 0 Å². The van der Waals surface area contributed by atoms with Crippen molar-refractivity contribution in [1.29, 1.82) is 0 Å². The number of aromatic nitrogens is 2. The van der Waals surface area contributed by atoms with E-state index in [0.717, 1.165) is 11.4 Å². The fraction of sp³-hybridized carbons (Fsp3) is 0.267. The lowest BCUT2D eigenvalue weighted by atomic mass is 10.0. The summed E-state index contributed by atoms with van der Waals surface area (Å²) in [7, 11) is 0. The van der Waals surface area contributed by atoms with Crippen molar-refractivity contribution < 1.29 is 0 Å². The number of hydrogen-bond donors (Lipinski definition) is 1. The Bertz CT molecular complexity index is 543. The average molecular weight is 254 g/mol. The van der Waals surface area contributed by atoms with Crippen LogP contribution in [0.3, 0.4) is 0 Å². The van der Waals surface area contributed by atoms with E-state index >= 15 is 0 Å². The lowest BCUT2D eigenvalue weighted by molar-refractivity contribution is 1.01. The van der Waals surface area contributed by atoms with E-state index < -0.39 is 0 Å². The maximum absolute atomic E-state index is 4.27. The minimum atomic E-state index is 0.250. The van der Waals surface area contributed by atoms with Crippen LogP contribution in [0.15, 0.2) is 41.5 Å². The Kier molecular flexibility index (Phi) is 4.23. The van der Waals surface area contributed by atoms with Crippen LogP contribution < -0.4 is 5.43 Å². The summed E-state index contributed by atoms with van der Waals surface area (Å²) in [6.45, 7) is 5.98. The van der Waals surface area contributed by atoms with E-state index in [2.05, 4.69) is 39.6 Å². The summed E-state index contributed by atoms with van der Waals surface area (Å²) in [5.74, 6) is 0.786. The Balaban J connectivity index is 2.00. The second-order valence-corrected chi connectivity index (χ2v) is 4.56. The van der Waals surface area contributed by atoms with E-state index in [1.165, 1.54) is 5.56 Å². The molecule has 0 saturated heterocycles. The van der Waals surface area contributed by atoms with Crippen molar-refractivity contribution in [3.05, 3.63) is 53.3 Å². The van der Waals surface area contributed by atoms with Gasteiger partial charge in [0.1, 0.15) is 0 Å². The van der Waals surface area contributed by atoms with Gasteiger partial charge in [-0.3, -0.25) is 0 Å². The van der Waals surface area contributed by atoms with E-state index in [1.54, 1.807) is 0 Å². The molecule has 4 nitrogen and oxygen atoms in total. The predicted molar refractivity (Wildman–Crippen MR) is 78.5 cm³/mol. The van der Waals surface area contributed by atoms with Gasteiger partial charge in [0.2, 0.25) is 5.95 Å². The fourth-order valence-electron chi connectivity index (χ4n) is 1.83. The third-order valence-electron chi connectivity index (χ3n) is 2.77. The Labute approximate surface area is 113 Å². The Morgan fingerprint density at radius 2 is 1.74 bits per heavy atom. The molecule has 0 amide bonds. The van der Waals surface area contributed by atoms with E-state index in [9.17, 15) is 0 Å². The van der Waals surface area contributed by atoms with Crippen LogP contribution in [0.4, 0.5) is 5.95 Å². The molecule has 1 heterocycles. The number of aryl methyl sites for hydroxylation is 2. The molecule has 0 saturated carbocycles. The predicted octanol–water partition coefficient (Wildman–Crippen LogP) is 3.29. The number of hydrazone groups is 1. The van der Waals surface area contributed by atoms with Crippen molar-refractivity contribution in [3.63, 3.8) is 0 Å². The first-order valence-corrected chi connectivity index (χ1v) is 6.31. The van der Waals surface area contributed by atoms with Crippen LogP contribution in [0, 0.1) is 13.8 Å². The zero-order valence-electron chi connectivity index (χ0n) is 11.5. The highest BCUT2D eigenvalue weighted by Crippen LogP contribution is 2.12. The molecule has 98 valence electrons. The van der Waals surface area contributed by atoms with Crippen LogP contribution in [-0.2, 0) is 0 Å². The van der Waals surface area contributed by atoms with Crippen LogP contribution in [0.1, 0.15) is 29.8 Å². The molecule has 0 aliphatic heterocycles. The van der Waals surface area contributed by atoms with Crippen molar-refractivity contribution in [2.75, 3.05) is 5.43 Å². The third-order valence-corrected chi connectivity index (χ3v) is 2.77. The van der Waals surface area contributed by atoms with E-state index in [0.29, 0.717) is 5.95 Å². The van der Waals surface area contributed by atoms with Crippen molar-refractivity contribution >= 4 is 12.2 Å². The number of nitrogens with zero attached hydrogens (tertiary/aromatic N) is 3. The standard InChI is InChI=1S/C15H18N4/c1-11(14-7-5-4-6-8-14)10-16-19-15-17-12(2)9-13(3)18-15/h4-11H,1-3H3,(H,17,18,19)/b16-10-/t11-/m0/s1. The maximum atomic E-state index is 4.27. The van der Waals surface area contributed by atoms with Gasteiger partial charge in [-0.25, -0.2) is 15.4 Å². The van der Waals surface area contributed by atoms with Crippen LogP contribution in [0.5, 0.6) is 0 Å². The molecule has 0 fully saturated rings. The Hall–Kier alpha value is -2.23. The summed E-state index contributed by atoms with van der Waals surface area (Å²) in [4.78, 5) is 8.54. The number of nitrogens with one attached hydrogen (secondary N) is 1. The molecule has 0 aliphatic rings. The first-order valence-electron chi connectivity index (χ1n) is 6.31. The minimum absolute atomic E-state index is 0.250. The molecule has 1 atom stereocenters. The summed E-state index contributed by atoms with van der Waals surface area (Å²) < 4.78 is 0. The molecule has 0 bridgehead atoms. The van der Waals surface area contributed by atoms with Gasteiger partial charge < -0.3 is 0 Å². The van der Waals surface area contributed by atoms with Crippen LogP contribution >= 0.6 is 0 Å². The molecule has 1 N–H and O–H groups in total. The monoisotopic (exact) mass is 254 g/mol. The average Bonchev–Trinajstić information content (AvgIpc) is 2.38. The van der Waals surface area contributed by atoms with Gasteiger partial charge in [-0.1, -0.05) is 37.3 Å². The molecule has 0 aliphatic carbocycles. The normalized spacial score (nSPS) is 12.6. The SMILES string of the molecule is Cc1cc(C)nc(N/N=C\[C@H](C)c2ccccc2)n1. The number of rotatable bonds is 4. The van der Waals surface area contributed by atoms with Gasteiger partial charge in [-0.15, -0.1) is 0 Å². The second-order valence-electron chi connectivity index (χ2n) is 4.56. The maximum Gasteiger partial charge on any atom is 0.243 e. The molecule has 0 unspecified atom stereocenters. The largest absolute Gasteiger partial charge is 0.245 e. The van der Waals surface area contributed by atoms with Crippen molar-refractivity contribution in [2.45, 2.75) is 26.7 Å². The summed E-state index contributed by atoms with van der Waals surface area (Å²) in [6.07, 6.45) is 1.86. The third kappa shape index (κ3) is 3.88. The van der Waals surface area contributed by atoms with Gasteiger partial charge in [0, 0.05) is 23.5 Å². The van der Waals surface area contributed by atoms with Crippen molar-refractivity contribution in [1.82, 2.24) is 9.97 Å². The summed E-state index contributed by atoms with van der Waals surface area (Å²) in [6, 6.07) is 12.2. The zero-order chi connectivity index (χ0) is 13.7. The van der Waals surface area contributed by atoms with E-state index in [4.69, 9.17) is 0 Å². The fourth-order valence-corrected chi connectivity index (χ4v) is 1.83. The molecule has 1 aromatic carbocycles. The van der Waals surface area contributed by atoms with Crippen LogP contribution in [0.25, 0.3) is 0 Å². The highest BCUT2D eigenvalue weighted by atomic mass is 15.3. The molecule has 4 heteroatoms. The molecule has 19 heavy (non-hydrogen) atoms. The minimum Gasteiger partial charge on any atom is -0.245 e. The summed E-state index contributed by atoms with van der Waals surface area (Å²) >= 11 is 0. The van der Waals surface area contributed by atoms with Gasteiger partial charge in [-0.05, 0) is 25.5 Å². The summed E-state index contributed by atoms with van der Waals surface area (Å²) in [5.41, 5.74) is 5.97. The van der Waals surface area contributed by atoms with Crippen molar-refractivity contribution in [2.24, 2.45) is 5.10 Å². The van der Waals surface area contributed by atoms with Gasteiger partial charge >= 0.3 is 0 Å². The first kappa shape index (κ1) is 13.2. The first-order chi connectivity index (χ1) is 9.15. The van der Waals surface area contributed by atoms with E-state index in [1.807, 2.05) is 44.3 Å².